The molecule has 1 saturated heterocycles. The van der Waals surface area contributed by atoms with Crippen molar-refractivity contribution in [1.82, 2.24) is 4.98 Å². The molecule has 5 heteroatoms. The summed E-state index contributed by atoms with van der Waals surface area (Å²) in [6, 6.07) is 9.97. The molecule has 5 nitrogen and oxygen atoms in total. The Balaban J connectivity index is 1.76. The Morgan fingerprint density at radius 1 is 1.04 bits per heavy atom. The van der Waals surface area contributed by atoms with Crippen molar-refractivity contribution in [2.24, 2.45) is 0 Å². The van der Waals surface area contributed by atoms with Crippen LogP contribution < -0.4 is 9.80 Å². The van der Waals surface area contributed by atoms with E-state index in [4.69, 9.17) is 4.74 Å². The first-order valence-corrected chi connectivity index (χ1v) is 8.21. The maximum absolute atomic E-state index is 11.9. The fraction of sp³-hybridized carbons (Fsp3) is 0.368. The Bertz CT molecular complexity index is 737. The summed E-state index contributed by atoms with van der Waals surface area (Å²) < 4.78 is 4.87. The topological polar surface area (TPSA) is 45.7 Å². The molecule has 0 atom stereocenters. The van der Waals surface area contributed by atoms with Crippen LogP contribution in [0.3, 0.4) is 0 Å². The van der Waals surface area contributed by atoms with Crippen molar-refractivity contribution >= 4 is 17.5 Å². The van der Waals surface area contributed by atoms with Crippen LogP contribution in [0.5, 0.6) is 0 Å². The maximum Gasteiger partial charge on any atom is 0.341 e. The van der Waals surface area contributed by atoms with E-state index in [0.29, 0.717) is 11.4 Å². The van der Waals surface area contributed by atoms with Crippen molar-refractivity contribution in [3.8, 4) is 0 Å². The fourth-order valence-electron chi connectivity index (χ4n) is 3.16. The van der Waals surface area contributed by atoms with Gasteiger partial charge in [0, 0.05) is 38.1 Å². The van der Waals surface area contributed by atoms with Gasteiger partial charge in [-0.1, -0.05) is 12.1 Å². The molecule has 0 saturated carbocycles. The van der Waals surface area contributed by atoms with Gasteiger partial charge in [0.15, 0.2) is 0 Å². The summed E-state index contributed by atoms with van der Waals surface area (Å²) in [7, 11) is 1.40. The SMILES string of the molecule is COC(=O)c1cccnc1N1CCN(c2cccc(C)c2C)CC1. The van der Waals surface area contributed by atoms with Gasteiger partial charge in [0.25, 0.3) is 0 Å². The second-order valence-corrected chi connectivity index (χ2v) is 6.06. The second kappa shape index (κ2) is 6.91. The minimum Gasteiger partial charge on any atom is -0.465 e. The van der Waals surface area contributed by atoms with Crippen LogP contribution in [0.25, 0.3) is 0 Å². The monoisotopic (exact) mass is 325 g/mol. The second-order valence-electron chi connectivity index (χ2n) is 6.06. The van der Waals surface area contributed by atoms with Gasteiger partial charge in [-0.3, -0.25) is 0 Å². The Kier molecular flexibility index (Phi) is 4.69. The lowest BCUT2D eigenvalue weighted by molar-refractivity contribution is 0.0601. The molecule has 1 aliphatic heterocycles. The third-order valence-corrected chi connectivity index (χ3v) is 4.69. The Labute approximate surface area is 142 Å². The van der Waals surface area contributed by atoms with Crippen LogP contribution in [-0.2, 0) is 4.74 Å². The van der Waals surface area contributed by atoms with E-state index in [1.807, 2.05) is 0 Å². The summed E-state index contributed by atoms with van der Waals surface area (Å²) in [6.45, 7) is 7.78. The zero-order valence-electron chi connectivity index (χ0n) is 14.5. The van der Waals surface area contributed by atoms with Crippen molar-refractivity contribution in [1.29, 1.82) is 0 Å². The molecule has 0 spiro atoms. The zero-order chi connectivity index (χ0) is 17.1. The average molecular weight is 325 g/mol. The van der Waals surface area contributed by atoms with Crippen LogP contribution in [-0.4, -0.2) is 44.2 Å². The van der Waals surface area contributed by atoms with E-state index < -0.39 is 0 Å². The number of anilines is 2. The number of carbonyl (C=O) groups excluding carboxylic acids is 1. The number of benzene rings is 1. The smallest absolute Gasteiger partial charge is 0.341 e. The van der Waals surface area contributed by atoms with Gasteiger partial charge in [-0.05, 0) is 43.2 Å². The van der Waals surface area contributed by atoms with Crippen molar-refractivity contribution in [2.75, 3.05) is 43.1 Å². The summed E-state index contributed by atoms with van der Waals surface area (Å²) in [5.41, 5.74) is 4.47. The molecule has 0 radical (unpaired) electrons. The highest BCUT2D eigenvalue weighted by Crippen LogP contribution is 2.26. The normalized spacial score (nSPS) is 14.6. The summed E-state index contributed by atoms with van der Waals surface area (Å²) in [4.78, 5) is 20.9. The molecule has 0 unspecified atom stereocenters. The van der Waals surface area contributed by atoms with E-state index in [1.54, 1.807) is 18.3 Å². The van der Waals surface area contributed by atoms with Crippen molar-refractivity contribution < 1.29 is 9.53 Å². The molecule has 2 aromatic rings. The largest absolute Gasteiger partial charge is 0.465 e. The summed E-state index contributed by atoms with van der Waals surface area (Å²) in [5, 5.41) is 0. The standard InChI is InChI=1S/C19H23N3O2/c1-14-6-4-8-17(15(14)2)21-10-12-22(13-11-21)18-16(19(23)24-3)7-5-9-20-18/h4-9H,10-13H2,1-3H3. The number of aromatic nitrogens is 1. The van der Waals surface area contributed by atoms with E-state index in [-0.39, 0.29) is 5.97 Å². The lowest BCUT2D eigenvalue weighted by Gasteiger charge is -2.38. The first kappa shape index (κ1) is 16.3. The number of nitrogens with zero attached hydrogens (tertiary/aromatic N) is 3. The van der Waals surface area contributed by atoms with Crippen LogP contribution in [0, 0.1) is 13.8 Å². The molecule has 0 bridgehead atoms. The minimum absolute atomic E-state index is 0.338. The van der Waals surface area contributed by atoms with Gasteiger partial charge < -0.3 is 14.5 Å². The molecule has 0 amide bonds. The van der Waals surface area contributed by atoms with E-state index in [1.165, 1.54) is 23.9 Å². The molecular weight excluding hydrogens is 302 g/mol. The number of rotatable bonds is 3. The molecule has 1 aromatic heterocycles. The molecule has 3 rings (SSSR count). The van der Waals surface area contributed by atoms with Crippen LogP contribution in [0.15, 0.2) is 36.5 Å². The number of esters is 1. The number of aryl methyl sites for hydroxylation is 1. The molecule has 1 aromatic carbocycles. The quantitative estimate of drug-likeness (QED) is 0.812. The molecule has 24 heavy (non-hydrogen) atoms. The number of hydrogen-bond acceptors (Lipinski definition) is 5. The van der Waals surface area contributed by atoms with Gasteiger partial charge in [0.1, 0.15) is 11.4 Å². The Morgan fingerprint density at radius 2 is 1.75 bits per heavy atom. The van der Waals surface area contributed by atoms with E-state index in [0.717, 1.165) is 26.2 Å². The van der Waals surface area contributed by atoms with E-state index in [2.05, 4.69) is 46.8 Å². The van der Waals surface area contributed by atoms with Crippen LogP contribution in [0.4, 0.5) is 11.5 Å². The fourth-order valence-corrected chi connectivity index (χ4v) is 3.16. The molecule has 2 heterocycles. The number of carbonyl (C=O) groups is 1. The van der Waals surface area contributed by atoms with E-state index >= 15 is 0 Å². The summed E-state index contributed by atoms with van der Waals surface area (Å²) in [5.74, 6) is 0.375. The van der Waals surface area contributed by atoms with Crippen LogP contribution in [0.1, 0.15) is 21.5 Å². The number of hydrogen-bond donors (Lipinski definition) is 0. The predicted octanol–water partition coefficient (Wildman–Crippen LogP) is 2.81. The van der Waals surface area contributed by atoms with Crippen LogP contribution >= 0.6 is 0 Å². The van der Waals surface area contributed by atoms with Gasteiger partial charge >= 0.3 is 5.97 Å². The summed E-state index contributed by atoms with van der Waals surface area (Å²) in [6.07, 6.45) is 1.72. The molecule has 1 fully saturated rings. The van der Waals surface area contributed by atoms with Crippen LogP contribution in [0.2, 0.25) is 0 Å². The zero-order valence-corrected chi connectivity index (χ0v) is 14.5. The molecule has 0 aliphatic carbocycles. The van der Waals surface area contributed by atoms with Gasteiger partial charge in [-0.15, -0.1) is 0 Å². The lowest BCUT2D eigenvalue weighted by atomic mass is 10.1. The average Bonchev–Trinajstić information content (AvgIpc) is 2.63. The number of methoxy groups -OCH3 is 1. The van der Waals surface area contributed by atoms with Crippen molar-refractivity contribution in [2.45, 2.75) is 13.8 Å². The predicted molar refractivity (Wildman–Crippen MR) is 95.9 cm³/mol. The highest BCUT2D eigenvalue weighted by atomic mass is 16.5. The maximum atomic E-state index is 11.9. The van der Waals surface area contributed by atoms with Gasteiger partial charge in [-0.25, -0.2) is 9.78 Å². The highest BCUT2D eigenvalue weighted by Gasteiger charge is 2.23. The third-order valence-electron chi connectivity index (χ3n) is 4.69. The number of ether oxygens (including phenoxy) is 1. The first-order chi connectivity index (χ1) is 11.6. The lowest BCUT2D eigenvalue weighted by Crippen LogP contribution is -2.47. The highest BCUT2D eigenvalue weighted by molar-refractivity contribution is 5.94. The molecule has 1 aliphatic rings. The summed E-state index contributed by atoms with van der Waals surface area (Å²) >= 11 is 0. The van der Waals surface area contributed by atoms with E-state index in [9.17, 15) is 4.79 Å². The Hall–Kier alpha value is -2.56. The number of piperazine rings is 1. The molecular formula is C19H23N3O2. The third kappa shape index (κ3) is 3.07. The molecule has 126 valence electrons. The van der Waals surface area contributed by atoms with Gasteiger partial charge in [-0.2, -0.15) is 0 Å². The Morgan fingerprint density at radius 3 is 2.46 bits per heavy atom. The first-order valence-electron chi connectivity index (χ1n) is 8.21. The molecule has 0 N–H and O–H groups in total. The van der Waals surface area contributed by atoms with Gasteiger partial charge in [0.05, 0.1) is 7.11 Å². The van der Waals surface area contributed by atoms with Gasteiger partial charge in [0.2, 0.25) is 0 Å². The number of pyridine rings is 1. The van der Waals surface area contributed by atoms with Crippen molar-refractivity contribution in [3.63, 3.8) is 0 Å². The van der Waals surface area contributed by atoms with Crippen molar-refractivity contribution in [3.05, 3.63) is 53.2 Å². The minimum atomic E-state index is -0.338.